The minimum Gasteiger partial charge on any atom is -0.507 e. The molecule has 0 amide bonds. The van der Waals surface area contributed by atoms with Crippen molar-refractivity contribution in [3.05, 3.63) is 40.7 Å². The second-order valence-electron chi connectivity index (χ2n) is 3.09. The van der Waals surface area contributed by atoms with Crippen LogP contribution in [0.2, 0.25) is 0 Å². The van der Waals surface area contributed by atoms with E-state index in [0.29, 0.717) is 3.97 Å². The highest BCUT2D eigenvalue weighted by Gasteiger charge is 2.16. The zero-order valence-corrected chi connectivity index (χ0v) is 9.36. The molecule has 0 aliphatic carbocycles. The van der Waals surface area contributed by atoms with Crippen molar-refractivity contribution in [2.45, 2.75) is 0 Å². The summed E-state index contributed by atoms with van der Waals surface area (Å²) in [6.07, 6.45) is 0. The number of rotatable bonds is 1. The zero-order valence-electron chi connectivity index (χ0n) is 7.79. The van der Waals surface area contributed by atoms with E-state index < -0.39 is 14.8 Å². The highest BCUT2D eigenvalue weighted by atomic mass is 35.7. The molecule has 1 N–H and O–H groups in total. The van der Waals surface area contributed by atoms with Gasteiger partial charge in [0.05, 0.1) is 5.52 Å². The third-order valence-electron chi connectivity index (χ3n) is 2.08. The fourth-order valence-electron chi connectivity index (χ4n) is 1.46. The number of aromatic hydroxyl groups is 1. The van der Waals surface area contributed by atoms with Crippen LogP contribution < -0.4 is 5.56 Å². The number of aromatic nitrogens is 1. The molecule has 1 aromatic heterocycles. The highest BCUT2D eigenvalue weighted by molar-refractivity contribution is 8.12. The van der Waals surface area contributed by atoms with Crippen LogP contribution in [0.1, 0.15) is 0 Å². The highest BCUT2D eigenvalue weighted by Crippen LogP contribution is 2.23. The van der Waals surface area contributed by atoms with E-state index >= 15 is 0 Å². The Bertz CT molecular complexity index is 720. The molecule has 0 fully saturated rings. The summed E-state index contributed by atoms with van der Waals surface area (Å²) in [6.45, 7) is 0. The van der Waals surface area contributed by atoms with E-state index in [9.17, 15) is 18.3 Å². The Hall–Kier alpha value is -1.53. The fraction of sp³-hybridized carbons (Fsp3) is 0. The predicted octanol–water partition coefficient (Wildman–Crippen LogP) is 1.04. The van der Waals surface area contributed by atoms with E-state index in [1.54, 1.807) is 12.1 Å². The lowest BCUT2D eigenvalue weighted by atomic mass is 10.2. The van der Waals surface area contributed by atoms with Gasteiger partial charge in [-0.1, -0.05) is 12.1 Å². The lowest BCUT2D eigenvalue weighted by Crippen LogP contribution is -2.23. The van der Waals surface area contributed by atoms with Gasteiger partial charge in [0.2, 0.25) is 0 Å². The Kier molecular flexibility index (Phi) is 2.40. The van der Waals surface area contributed by atoms with E-state index in [-0.39, 0.29) is 16.7 Å². The standard InChI is InChI=1S/C9H6ClNO4S/c10-16(14,15)11-7-4-2-1-3-6(7)8(12)5-9(11)13/h1-5,12H. The average Bonchev–Trinajstić information content (AvgIpc) is 2.15. The molecule has 0 unspecified atom stereocenters. The molecule has 0 aliphatic heterocycles. The Balaban J connectivity index is 3.11. The molecule has 5 nitrogen and oxygen atoms in total. The maximum absolute atomic E-state index is 11.4. The van der Waals surface area contributed by atoms with Crippen LogP contribution in [0.15, 0.2) is 35.1 Å². The van der Waals surface area contributed by atoms with Gasteiger partial charge in [0.1, 0.15) is 5.75 Å². The number of benzene rings is 1. The Morgan fingerprint density at radius 3 is 2.50 bits per heavy atom. The first-order valence-electron chi connectivity index (χ1n) is 4.20. The van der Waals surface area contributed by atoms with E-state index in [4.69, 9.17) is 10.7 Å². The second-order valence-corrected chi connectivity index (χ2v) is 5.45. The van der Waals surface area contributed by atoms with Gasteiger partial charge in [-0.25, -0.2) is 0 Å². The van der Waals surface area contributed by atoms with Crippen LogP contribution in [-0.2, 0) is 9.24 Å². The van der Waals surface area contributed by atoms with Gasteiger partial charge in [-0.15, -0.1) is 0 Å². The fourth-order valence-corrected chi connectivity index (χ4v) is 2.55. The largest absolute Gasteiger partial charge is 0.507 e. The average molecular weight is 260 g/mol. The normalized spacial score (nSPS) is 11.8. The lowest BCUT2D eigenvalue weighted by Gasteiger charge is -2.06. The number of para-hydroxylation sites is 1. The van der Waals surface area contributed by atoms with Crippen molar-refractivity contribution >= 4 is 30.8 Å². The van der Waals surface area contributed by atoms with Crippen LogP contribution in [-0.4, -0.2) is 17.5 Å². The van der Waals surface area contributed by atoms with Crippen molar-refractivity contribution in [1.82, 2.24) is 3.97 Å². The summed E-state index contributed by atoms with van der Waals surface area (Å²) in [5.41, 5.74) is -0.853. The summed E-state index contributed by atoms with van der Waals surface area (Å²) >= 11 is 0. The van der Waals surface area contributed by atoms with Gasteiger partial charge >= 0.3 is 9.24 Å². The summed E-state index contributed by atoms with van der Waals surface area (Å²) in [5, 5.41) is 9.73. The maximum atomic E-state index is 11.4. The SMILES string of the molecule is O=c1cc(O)c2ccccc2n1S(=O)(=O)Cl. The Morgan fingerprint density at radius 1 is 1.25 bits per heavy atom. The minimum atomic E-state index is -4.21. The first-order chi connectivity index (χ1) is 7.41. The molecule has 2 aromatic rings. The quantitative estimate of drug-likeness (QED) is 0.777. The van der Waals surface area contributed by atoms with Crippen molar-refractivity contribution < 1.29 is 13.5 Å². The molecule has 0 saturated heterocycles. The summed E-state index contributed by atoms with van der Waals surface area (Å²) in [6, 6.07) is 6.83. The number of hydrogen-bond acceptors (Lipinski definition) is 4. The molecule has 2 rings (SSSR count). The van der Waals surface area contributed by atoms with Crippen molar-refractivity contribution in [1.29, 1.82) is 0 Å². The van der Waals surface area contributed by atoms with E-state index in [1.165, 1.54) is 12.1 Å². The molecule has 0 spiro atoms. The van der Waals surface area contributed by atoms with Crippen LogP contribution in [0.4, 0.5) is 0 Å². The Labute approximate surface area is 95.1 Å². The summed E-state index contributed by atoms with van der Waals surface area (Å²) < 4.78 is 22.9. The third-order valence-corrected chi connectivity index (χ3v) is 3.30. The molecule has 1 aromatic carbocycles. The molecule has 0 atom stereocenters. The molecule has 0 saturated carbocycles. The Morgan fingerprint density at radius 2 is 1.88 bits per heavy atom. The zero-order chi connectivity index (χ0) is 11.9. The second kappa shape index (κ2) is 3.50. The maximum Gasteiger partial charge on any atom is 0.328 e. The summed E-state index contributed by atoms with van der Waals surface area (Å²) in [7, 11) is 0.937. The van der Waals surface area contributed by atoms with Crippen molar-refractivity contribution in [3.63, 3.8) is 0 Å². The van der Waals surface area contributed by atoms with Gasteiger partial charge in [0, 0.05) is 22.1 Å². The molecule has 1 heterocycles. The summed E-state index contributed by atoms with van der Waals surface area (Å²) in [5.74, 6) is -0.280. The predicted molar refractivity (Wildman–Crippen MR) is 60.0 cm³/mol. The number of halogens is 1. The van der Waals surface area contributed by atoms with Crippen molar-refractivity contribution in [3.8, 4) is 5.75 Å². The van der Waals surface area contributed by atoms with Crippen LogP contribution in [0.3, 0.4) is 0 Å². The van der Waals surface area contributed by atoms with E-state index in [2.05, 4.69) is 0 Å². The van der Waals surface area contributed by atoms with Gasteiger partial charge in [-0.2, -0.15) is 12.4 Å². The van der Waals surface area contributed by atoms with Crippen molar-refractivity contribution in [2.75, 3.05) is 0 Å². The molecular weight excluding hydrogens is 254 g/mol. The van der Waals surface area contributed by atoms with Crippen LogP contribution in [0.5, 0.6) is 5.75 Å². The molecule has 0 aliphatic rings. The number of pyridine rings is 1. The van der Waals surface area contributed by atoms with Crippen LogP contribution in [0, 0.1) is 0 Å². The summed E-state index contributed by atoms with van der Waals surface area (Å²) in [4.78, 5) is 11.4. The minimum absolute atomic E-state index is 0.0440. The number of fused-ring (bicyclic) bond motifs is 1. The van der Waals surface area contributed by atoms with E-state index in [1.807, 2.05) is 0 Å². The van der Waals surface area contributed by atoms with Gasteiger partial charge in [-0.05, 0) is 12.1 Å². The van der Waals surface area contributed by atoms with Gasteiger partial charge in [0.15, 0.2) is 0 Å². The third kappa shape index (κ3) is 1.66. The lowest BCUT2D eigenvalue weighted by molar-refractivity contribution is 0.480. The monoisotopic (exact) mass is 259 g/mol. The number of hydrogen-bond donors (Lipinski definition) is 1. The van der Waals surface area contributed by atoms with Gasteiger partial charge < -0.3 is 5.11 Å². The molecule has 84 valence electrons. The molecule has 0 radical (unpaired) electrons. The molecule has 16 heavy (non-hydrogen) atoms. The topological polar surface area (TPSA) is 76.4 Å². The number of nitrogens with zero attached hydrogens (tertiary/aromatic N) is 1. The molecule has 7 heteroatoms. The van der Waals surface area contributed by atoms with Gasteiger partial charge in [-0.3, -0.25) is 4.79 Å². The van der Waals surface area contributed by atoms with Crippen LogP contribution in [0.25, 0.3) is 10.9 Å². The van der Waals surface area contributed by atoms with E-state index in [0.717, 1.165) is 6.07 Å². The van der Waals surface area contributed by atoms with Crippen molar-refractivity contribution in [2.24, 2.45) is 0 Å². The first-order valence-corrected chi connectivity index (χ1v) is 6.47. The van der Waals surface area contributed by atoms with Gasteiger partial charge in [0.25, 0.3) is 5.56 Å². The first kappa shape index (κ1) is 11.0. The van der Waals surface area contributed by atoms with Crippen LogP contribution >= 0.6 is 10.7 Å². The molecular formula is C9H6ClNO4S. The smallest absolute Gasteiger partial charge is 0.328 e. The molecule has 0 bridgehead atoms.